The monoisotopic (exact) mass is 1490 g/mol. The van der Waals surface area contributed by atoms with Gasteiger partial charge >= 0.3 is 11.9 Å². The zero-order valence-electron chi connectivity index (χ0n) is 60.2. The highest BCUT2D eigenvalue weighted by Gasteiger charge is 2.48. The van der Waals surface area contributed by atoms with E-state index in [2.05, 4.69) is 57.8 Å². The number of rotatable bonds is 41. The van der Waals surface area contributed by atoms with Gasteiger partial charge in [-0.15, -0.1) is 0 Å². The average molecular weight is 1490 g/mol. The second kappa shape index (κ2) is 39.8. The molecule has 4 aromatic carbocycles. The third-order valence-electron chi connectivity index (χ3n) is 18.2. The molecule has 578 valence electrons. The van der Waals surface area contributed by atoms with E-state index < -0.39 is 193 Å². The normalized spacial score (nSPS) is 16.6. The van der Waals surface area contributed by atoms with Crippen LogP contribution in [0.1, 0.15) is 108 Å². The fourth-order valence-corrected chi connectivity index (χ4v) is 12.1. The lowest BCUT2D eigenvalue weighted by atomic mass is 9.90. The third-order valence-corrected chi connectivity index (χ3v) is 18.2. The largest absolute Gasteiger partial charge is 0.497 e. The Morgan fingerprint density at radius 3 is 1.93 bits per heavy atom. The van der Waals surface area contributed by atoms with E-state index in [1.165, 1.54) is 36.4 Å². The molecule has 0 radical (unpaired) electrons. The zero-order chi connectivity index (χ0) is 78.9. The molecule has 2 heterocycles. The summed E-state index contributed by atoms with van der Waals surface area (Å²) in [5.74, 6) is -15.5. The number of ether oxygens (including phenoxy) is 1. The third kappa shape index (κ3) is 24.4. The van der Waals surface area contributed by atoms with Crippen molar-refractivity contribution in [2.75, 3.05) is 26.8 Å². The highest BCUT2D eigenvalue weighted by atomic mass is 19.1. The van der Waals surface area contributed by atoms with Gasteiger partial charge in [0.2, 0.25) is 65.0 Å². The van der Waals surface area contributed by atoms with Gasteiger partial charge in [-0.25, -0.2) is 9.37 Å². The van der Waals surface area contributed by atoms with Gasteiger partial charge in [0.25, 0.3) is 0 Å². The lowest BCUT2D eigenvalue weighted by molar-refractivity contribution is -0.146. The van der Waals surface area contributed by atoms with Gasteiger partial charge in [0.1, 0.15) is 64.9 Å². The maximum atomic E-state index is 15.5. The van der Waals surface area contributed by atoms with Gasteiger partial charge in [0.15, 0.2) is 0 Å². The number of primary amides is 1. The molecule has 0 saturated carbocycles. The molecule has 1 aliphatic heterocycles. The number of imidazole rings is 1. The number of aliphatic hydroxyl groups is 3. The molecule has 0 bridgehead atoms. The molecule has 0 spiro atoms. The number of likely N-dealkylation sites (tertiary alicyclic amines) is 1. The molecule has 1 saturated heterocycles. The van der Waals surface area contributed by atoms with Crippen molar-refractivity contribution in [3.63, 3.8) is 0 Å². The predicted octanol–water partition coefficient (Wildman–Crippen LogP) is -1.49. The van der Waals surface area contributed by atoms with Crippen LogP contribution in [0.5, 0.6) is 5.75 Å². The van der Waals surface area contributed by atoms with E-state index in [1.807, 2.05) is 49.4 Å². The lowest BCUT2D eigenvalue weighted by Gasteiger charge is -2.36. The van der Waals surface area contributed by atoms with Gasteiger partial charge in [-0.2, -0.15) is 0 Å². The summed E-state index contributed by atoms with van der Waals surface area (Å²) in [6.07, 6.45) is -1.92. The molecule has 107 heavy (non-hydrogen) atoms. The van der Waals surface area contributed by atoms with Crippen LogP contribution in [0.2, 0.25) is 0 Å². The number of carboxylic acid groups (broad SMARTS) is 2. The van der Waals surface area contributed by atoms with Crippen molar-refractivity contribution < 1.29 is 97.0 Å². The average Bonchev–Trinajstić information content (AvgIpc) is 1.77. The van der Waals surface area contributed by atoms with Crippen LogP contribution in [0.25, 0.3) is 11.1 Å². The van der Waals surface area contributed by atoms with Gasteiger partial charge in [-0.05, 0) is 124 Å². The van der Waals surface area contributed by atoms with E-state index in [0.717, 1.165) is 49.1 Å². The van der Waals surface area contributed by atoms with Crippen LogP contribution in [0.4, 0.5) is 4.39 Å². The number of H-pyrrole nitrogens is 1. The van der Waals surface area contributed by atoms with Gasteiger partial charge in [-0.1, -0.05) is 85.8 Å². The SMILES string of the molecule is CCc1cc(OC)ccc1-c1ccc(C[C@H](NC(=O)[C@H](CC(=O)O)NC(=O)[C@H](CO)NC(=O)[C@@H](NC(=O)[C@](C)(Cc2ccccc2F)NC(=O)[C@@H](NC(=O)CNC(=O)[C@H](CCC(=O)O)NC(=O)[C@]2(C)CCCN2C(=O)[C@@H](N)Cc2c[nH]cn2)[C@@H](C)O)[C@@H](C)O)C(=O)N[C@@H](CCCc2ccccc2)C(N)=O)cc1. The molecule has 11 amide bonds. The van der Waals surface area contributed by atoms with Crippen molar-refractivity contribution in [1.82, 2.24) is 62.7 Å². The molecular formula is C73H95FN14O19. The molecule has 1 fully saturated rings. The maximum absolute atomic E-state index is 15.5. The number of halogens is 1. The zero-order valence-corrected chi connectivity index (χ0v) is 60.2. The number of aromatic nitrogens is 2. The Morgan fingerprint density at radius 2 is 1.33 bits per heavy atom. The van der Waals surface area contributed by atoms with Crippen LogP contribution in [-0.2, 0) is 94.4 Å². The standard InChI is InChI=1S/C73H95FN14O19/c1-7-44-32-48(107-6)25-26-49(44)45-23-21-43(22-24-45)31-54(64(99)80-52(62(76)97)20-13-17-42-15-9-8-10-16-42)81-65(100)55(34-59(95)96)82-66(101)56(38-89)83-67(102)60(40(2)90)86-70(105)72(4,35-46-18-11-12-19-50(46)74)87-68(103)61(41(3)91)85-57(92)37-78-63(98)53(27-28-58(93)94)84-71(106)73(5)29-14-30-88(73)69(104)51(75)33-47-36-77-39-79-47/h8-12,15-16,18-19,21-26,32,36,39-41,51-56,60-61,89-91H,7,13-14,17,20,27-31,33-35,37-38,75H2,1-6H3,(H2,76,97)(H,77,79)(H,78,98)(H,80,99)(H,81,100)(H,82,101)(H,83,102)(H,84,106)(H,85,92)(H,86,105)(H,87,103)(H,93,94)(H,95,96)/t40-,41-,51+,52+,53+,54+,55+,56+,60+,61+,72+,73+/m1/s1. The van der Waals surface area contributed by atoms with Crippen LogP contribution in [-0.4, -0.2) is 216 Å². The molecule has 1 aliphatic rings. The van der Waals surface area contributed by atoms with Gasteiger partial charge in [0.05, 0.1) is 57.0 Å². The molecule has 1 aromatic heterocycles. The number of aryl methyl sites for hydroxylation is 2. The maximum Gasteiger partial charge on any atom is 0.305 e. The fourth-order valence-electron chi connectivity index (χ4n) is 12.1. The highest BCUT2D eigenvalue weighted by molar-refractivity contribution is 6.01. The summed E-state index contributed by atoms with van der Waals surface area (Å²) in [7, 11) is 1.55. The Morgan fingerprint density at radius 1 is 0.701 bits per heavy atom. The van der Waals surface area contributed by atoms with Crippen molar-refractivity contribution in [3.8, 4) is 16.9 Å². The first-order valence-electron chi connectivity index (χ1n) is 34.7. The van der Waals surface area contributed by atoms with Crippen LogP contribution in [0.15, 0.2) is 110 Å². The Balaban J connectivity index is 1.16. The van der Waals surface area contributed by atoms with E-state index in [-0.39, 0.29) is 37.8 Å². The molecule has 5 aromatic rings. The van der Waals surface area contributed by atoms with Gasteiger partial charge < -0.3 is 99.5 Å². The summed E-state index contributed by atoms with van der Waals surface area (Å²) < 4.78 is 20.9. The molecule has 0 unspecified atom stereocenters. The molecule has 34 heteroatoms. The van der Waals surface area contributed by atoms with Crippen molar-refractivity contribution in [3.05, 3.63) is 143 Å². The summed E-state index contributed by atoms with van der Waals surface area (Å²) in [5.41, 5.74) is 12.4. The van der Waals surface area contributed by atoms with Crippen LogP contribution in [0, 0.1) is 5.82 Å². The van der Waals surface area contributed by atoms with Crippen molar-refractivity contribution in [1.29, 1.82) is 0 Å². The molecule has 12 atom stereocenters. The number of nitrogens with two attached hydrogens (primary N) is 2. The lowest BCUT2D eigenvalue weighted by Crippen LogP contribution is -2.67. The Labute approximate surface area is 616 Å². The molecule has 33 nitrogen and oxygen atoms in total. The molecule has 19 N–H and O–H groups in total. The number of aromatic amines is 1. The number of carboxylic acids is 2. The minimum absolute atomic E-state index is 0.0307. The van der Waals surface area contributed by atoms with E-state index in [4.69, 9.17) is 16.2 Å². The Kier molecular flexibility index (Phi) is 31.5. The number of aliphatic carboxylic acids is 2. The number of methoxy groups -OCH3 is 1. The van der Waals surface area contributed by atoms with Crippen LogP contribution < -0.4 is 64.1 Å². The van der Waals surface area contributed by atoms with E-state index in [9.17, 15) is 87.9 Å². The number of aliphatic hydroxyl groups excluding tert-OH is 3. The van der Waals surface area contributed by atoms with Crippen molar-refractivity contribution in [2.24, 2.45) is 11.5 Å². The summed E-state index contributed by atoms with van der Waals surface area (Å²) in [5, 5.41) is 73.0. The number of carbonyl (C=O) groups is 13. The second-order valence-electron chi connectivity index (χ2n) is 26.6. The summed E-state index contributed by atoms with van der Waals surface area (Å²) >= 11 is 0. The smallest absolute Gasteiger partial charge is 0.305 e. The first-order chi connectivity index (χ1) is 50.7. The van der Waals surface area contributed by atoms with Gasteiger partial charge in [-0.3, -0.25) is 62.3 Å². The quantitative estimate of drug-likeness (QED) is 0.0212. The molecule has 6 rings (SSSR count). The van der Waals surface area contributed by atoms with Gasteiger partial charge in [0, 0.05) is 38.4 Å². The van der Waals surface area contributed by atoms with Crippen LogP contribution in [0.3, 0.4) is 0 Å². The second-order valence-corrected chi connectivity index (χ2v) is 26.6. The van der Waals surface area contributed by atoms with Crippen LogP contribution >= 0.6 is 0 Å². The minimum Gasteiger partial charge on any atom is -0.497 e. The summed E-state index contributed by atoms with van der Waals surface area (Å²) in [6, 6.07) is 12.9. The number of nitrogens with zero attached hydrogens (tertiary/aromatic N) is 2. The predicted molar refractivity (Wildman–Crippen MR) is 382 cm³/mol. The van der Waals surface area contributed by atoms with E-state index >= 15 is 4.39 Å². The minimum atomic E-state index is -2.42. The first-order valence-corrected chi connectivity index (χ1v) is 34.7. The van der Waals surface area contributed by atoms with E-state index in [1.54, 1.807) is 43.6 Å². The summed E-state index contributed by atoms with van der Waals surface area (Å²) in [6.45, 7) is 4.39. The van der Waals surface area contributed by atoms with Crippen molar-refractivity contribution >= 4 is 76.9 Å². The Bertz CT molecular complexity index is 3960. The number of carbonyl (C=O) groups excluding carboxylic acids is 11. The molecular weight excluding hydrogens is 1400 g/mol. The fraction of sp³-hybridized carbons (Fsp3) is 0.452. The highest BCUT2D eigenvalue weighted by Crippen LogP contribution is 2.32. The molecule has 0 aliphatic carbocycles. The number of hydrogen-bond acceptors (Lipinski definition) is 19. The number of benzene rings is 4. The van der Waals surface area contributed by atoms with E-state index in [0.29, 0.717) is 42.7 Å². The van der Waals surface area contributed by atoms with Crippen molar-refractivity contribution in [2.45, 2.75) is 183 Å². The number of hydrogen-bond donors (Lipinski definition) is 17. The number of amides is 11. The first kappa shape index (κ1) is 84.7. The summed E-state index contributed by atoms with van der Waals surface area (Å²) in [4.78, 5) is 186. The Hall–Kier alpha value is -11.2. The number of nitrogens with one attached hydrogen (secondary N) is 10. The topological polar surface area (TPSA) is 525 Å².